The molecule has 0 bridgehead atoms. The number of carbonyl (C=O) groups is 1. The van der Waals surface area contributed by atoms with Gasteiger partial charge in [-0.25, -0.2) is 4.98 Å². The number of hydrogen-bond acceptors (Lipinski definition) is 6. The predicted molar refractivity (Wildman–Crippen MR) is 114 cm³/mol. The number of ether oxygens (including phenoxy) is 2. The molecular formula is C24H26N2O5. The molecule has 3 aromatic rings. The van der Waals surface area contributed by atoms with Crippen molar-refractivity contribution >= 4 is 5.97 Å². The van der Waals surface area contributed by atoms with Crippen LogP contribution in [-0.4, -0.2) is 46.8 Å². The highest BCUT2D eigenvalue weighted by Crippen LogP contribution is 2.27. The molecule has 1 N–H and O–H groups in total. The minimum absolute atomic E-state index is 0.217. The molecule has 1 aliphatic rings. The lowest BCUT2D eigenvalue weighted by Crippen LogP contribution is -2.49. The zero-order chi connectivity index (χ0) is 21.6. The molecule has 4 rings (SSSR count). The predicted octanol–water partition coefficient (Wildman–Crippen LogP) is 3.63. The Hall–Kier alpha value is -3.16. The van der Waals surface area contributed by atoms with Gasteiger partial charge in [-0.3, -0.25) is 9.69 Å². The van der Waals surface area contributed by atoms with Gasteiger partial charge in [-0.15, -0.1) is 0 Å². The van der Waals surface area contributed by atoms with E-state index in [1.807, 2.05) is 54.3 Å². The fourth-order valence-corrected chi connectivity index (χ4v) is 3.77. The summed E-state index contributed by atoms with van der Waals surface area (Å²) in [5, 5.41) is 9.41. The Morgan fingerprint density at radius 2 is 1.97 bits per heavy atom. The SMILES string of the molecule is Cc1ocnc1C(Cc1ccccc1)Oc1ccc(CN2CCOC[C@H]2C(=O)O)cc1. The Labute approximate surface area is 181 Å². The van der Waals surface area contributed by atoms with Crippen LogP contribution in [0, 0.1) is 6.92 Å². The number of morpholine rings is 1. The molecule has 0 amide bonds. The lowest BCUT2D eigenvalue weighted by Gasteiger charge is -2.32. The van der Waals surface area contributed by atoms with Crippen molar-refractivity contribution in [2.75, 3.05) is 19.8 Å². The molecule has 0 spiro atoms. The van der Waals surface area contributed by atoms with E-state index in [1.165, 1.54) is 6.39 Å². The Morgan fingerprint density at radius 3 is 2.65 bits per heavy atom. The lowest BCUT2D eigenvalue weighted by atomic mass is 10.0. The third-order valence-corrected chi connectivity index (χ3v) is 5.46. The van der Waals surface area contributed by atoms with Gasteiger partial charge >= 0.3 is 5.97 Å². The van der Waals surface area contributed by atoms with Crippen molar-refractivity contribution in [3.63, 3.8) is 0 Å². The molecule has 0 saturated carbocycles. The molecule has 7 nitrogen and oxygen atoms in total. The minimum atomic E-state index is -0.855. The molecule has 0 radical (unpaired) electrons. The van der Waals surface area contributed by atoms with Gasteiger partial charge in [-0.1, -0.05) is 42.5 Å². The second-order valence-corrected chi connectivity index (χ2v) is 7.63. The Morgan fingerprint density at radius 1 is 1.19 bits per heavy atom. The normalized spacial score (nSPS) is 17.9. The number of hydrogen-bond donors (Lipinski definition) is 1. The summed E-state index contributed by atoms with van der Waals surface area (Å²) in [5.74, 6) is 0.611. The molecule has 1 aromatic heterocycles. The molecule has 0 aliphatic carbocycles. The third kappa shape index (κ3) is 5.31. The maximum atomic E-state index is 11.5. The van der Waals surface area contributed by atoms with Crippen molar-refractivity contribution in [1.82, 2.24) is 9.88 Å². The number of benzene rings is 2. The zero-order valence-electron chi connectivity index (χ0n) is 17.4. The molecular weight excluding hydrogens is 396 g/mol. The van der Waals surface area contributed by atoms with Gasteiger partial charge in [-0.05, 0) is 30.2 Å². The van der Waals surface area contributed by atoms with Gasteiger partial charge < -0.3 is 19.0 Å². The second-order valence-electron chi connectivity index (χ2n) is 7.63. The topological polar surface area (TPSA) is 85.0 Å². The van der Waals surface area contributed by atoms with Crippen LogP contribution in [0.5, 0.6) is 5.75 Å². The van der Waals surface area contributed by atoms with E-state index in [0.29, 0.717) is 26.1 Å². The van der Waals surface area contributed by atoms with Crippen LogP contribution < -0.4 is 4.74 Å². The zero-order valence-corrected chi connectivity index (χ0v) is 17.4. The number of nitrogens with zero attached hydrogens (tertiary/aromatic N) is 2. The summed E-state index contributed by atoms with van der Waals surface area (Å²) >= 11 is 0. The van der Waals surface area contributed by atoms with Crippen molar-refractivity contribution in [1.29, 1.82) is 0 Å². The van der Waals surface area contributed by atoms with E-state index in [-0.39, 0.29) is 12.7 Å². The van der Waals surface area contributed by atoms with E-state index in [1.54, 1.807) is 0 Å². The maximum Gasteiger partial charge on any atom is 0.323 e. The van der Waals surface area contributed by atoms with Crippen LogP contribution in [0.2, 0.25) is 0 Å². The first kappa shape index (κ1) is 21.1. The molecule has 7 heteroatoms. The van der Waals surface area contributed by atoms with Crippen LogP contribution in [0.4, 0.5) is 0 Å². The smallest absolute Gasteiger partial charge is 0.323 e. The number of rotatable bonds is 8. The molecule has 2 atom stereocenters. The van der Waals surface area contributed by atoms with Gasteiger partial charge in [0.15, 0.2) is 6.39 Å². The number of aromatic nitrogens is 1. The average Bonchev–Trinajstić information content (AvgIpc) is 3.21. The molecule has 2 heterocycles. The summed E-state index contributed by atoms with van der Waals surface area (Å²) in [7, 11) is 0. The highest BCUT2D eigenvalue weighted by Gasteiger charge is 2.29. The Balaban J connectivity index is 1.46. The van der Waals surface area contributed by atoms with Gasteiger partial charge in [0.05, 0.1) is 13.2 Å². The molecule has 2 aromatic carbocycles. The molecule has 31 heavy (non-hydrogen) atoms. The van der Waals surface area contributed by atoms with E-state index in [4.69, 9.17) is 13.9 Å². The number of aryl methyl sites for hydroxylation is 1. The van der Waals surface area contributed by atoms with Crippen molar-refractivity contribution in [3.05, 3.63) is 83.6 Å². The van der Waals surface area contributed by atoms with Gasteiger partial charge in [0.2, 0.25) is 0 Å². The number of carboxylic acids is 1. The standard InChI is InChI=1S/C24H26N2O5/c1-17-23(25-16-30-17)22(13-18-5-3-2-4-6-18)31-20-9-7-19(8-10-20)14-26-11-12-29-15-21(26)24(27)28/h2-10,16,21-22H,11-15H2,1H3,(H,27,28)/t21-,22?/m0/s1. The molecule has 162 valence electrons. The largest absolute Gasteiger partial charge is 0.484 e. The van der Waals surface area contributed by atoms with Gasteiger partial charge in [-0.2, -0.15) is 0 Å². The summed E-state index contributed by atoms with van der Waals surface area (Å²) in [6.07, 6.45) is 1.84. The quantitative estimate of drug-likeness (QED) is 0.593. The Bertz CT molecular complexity index is 987. The maximum absolute atomic E-state index is 11.5. The van der Waals surface area contributed by atoms with Crippen LogP contribution in [0.1, 0.15) is 28.7 Å². The summed E-state index contributed by atoms with van der Waals surface area (Å²) in [5.41, 5.74) is 2.96. The highest BCUT2D eigenvalue weighted by atomic mass is 16.5. The molecule has 1 aliphatic heterocycles. The van der Waals surface area contributed by atoms with Crippen LogP contribution in [0.25, 0.3) is 0 Å². The number of carboxylic acid groups (broad SMARTS) is 1. The van der Waals surface area contributed by atoms with Crippen molar-refractivity contribution in [2.24, 2.45) is 0 Å². The summed E-state index contributed by atoms with van der Waals surface area (Å²) < 4.78 is 17.0. The van der Waals surface area contributed by atoms with E-state index >= 15 is 0 Å². The molecule has 1 saturated heterocycles. The van der Waals surface area contributed by atoms with Crippen LogP contribution >= 0.6 is 0 Å². The van der Waals surface area contributed by atoms with Crippen molar-refractivity contribution < 1.29 is 23.8 Å². The first-order valence-corrected chi connectivity index (χ1v) is 10.3. The fraction of sp³-hybridized carbons (Fsp3) is 0.333. The lowest BCUT2D eigenvalue weighted by molar-refractivity contribution is -0.150. The first-order chi connectivity index (χ1) is 15.1. The average molecular weight is 422 g/mol. The fourth-order valence-electron chi connectivity index (χ4n) is 3.77. The first-order valence-electron chi connectivity index (χ1n) is 10.3. The van der Waals surface area contributed by atoms with Crippen molar-refractivity contribution in [3.8, 4) is 5.75 Å². The van der Waals surface area contributed by atoms with E-state index in [0.717, 1.165) is 28.3 Å². The second kappa shape index (κ2) is 9.76. The molecule has 1 fully saturated rings. The van der Waals surface area contributed by atoms with Crippen LogP contribution in [-0.2, 0) is 22.5 Å². The van der Waals surface area contributed by atoms with Crippen LogP contribution in [0.3, 0.4) is 0 Å². The monoisotopic (exact) mass is 422 g/mol. The van der Waals surface area contributed by atoms with Gasteiger partial charge in [0, 0.05) is 19.5 Å². The van der Waals surface area contributed by atoms with Gasteiger partial charge in [0.25, 0.3) is 0 Å². The Kier molecular flexibility index (Phi) is 6.64. The summed E-state index contributed by atoms with van der Waals surface area (Å²) in [6.45, 7) is 3.79. The highest BCUT2D eigenvalue weighted by molar-refractivity contribution is 5.73. The van der Waals surface area contributed by atoms with Crippen LogP contribution in [0.15, 0.2) is 65.4 Å². The van der Waals surface area contributed by atoms with Gasteiger partial charge in [0.1, 0.15) is 29.3 Å². The third-order valence-electron chi connectivity index (χ3n) is 5.46. The van der Waals surface area contributed by atoms with Crippen molar-refractivity contribution in [2.45, 2.75) is 32.0 Å². The summed E-state index contributed by atoms with van der Waals surface area (Å²) in [4.78, 5) is 17.8. The van der Waals surface area contributed by atoms with E-state index in [9.17, 15) is 9.90 Å². The summed E-state index contributed by atoms with van der Waals surface area (Å²) in [6, 6.07) is 17.3. The number of aliphatic carboxylic acids is 1. The number of oxazole rings is 1. The van der Waals surface area contributed by atoms with E-state index < -0.39 is 12.0 Å². The minimum Gasteiger partial charge on any atom is -0.484 e. The molecule has 1 unspecified atom stereocenters. The van der Waals surface area contributed by atoms with E-state index in [2.05, 4.69) is 17.1 Å².